The second-order valence-corrected chi connectivity index (χ2v) is 8.68. The number of carbonyl (C=O) groups is 2. The third-order valence-corrected chi connectivity index (χ3v) is 6.30. The summed E-state index contributed by atoms with van der Waals surface area (Å²) >= 11 is 0. The zero-order chi connectivity index (χ0) is 22.2. The van der Waals surface area contributed by atoms with Crippen LogP contribution in [-0.4, -0.2) is 123 Å². The first-order valence-electron chi connectivity index (χ1n) is 11.6. The minimum Gasteiger partial charge on any atom is -0.379 e. The molecule has 0 saturated carbocycles. The molecule has 0 atom stereocenters. The second kappa shape index (κ2) is 11.7. The van der Waals surface area contributed by atoms with Gasteiger partial charge in [0.1, 0.15) is 0 Å². The Labute approximate surface area is 190 Å². The van der Waals surface area contributed by atoms with Crippen LogP contribution in [0.1, 0.15) is 5.56 Å². The van der Waals surface area contributed by atoms with Crippen molar-refractivity contribution in [3.05, 3.63) is 29.8 Å². The Bertz CT molecular complexity index is 739. The molecule has 0 aromatic heterocycles. The second-order valence-electron chi connectivity index (χ2n) is 8.68. The van der Waals surface area contributed by atoms with E-state index >= 15 is 0 Å². The van der Waals surface area contributed by atoms with Crippen molar-refractivity contribution in [1.29, 1.82) is 0 Å². The van der Waals surface area contributed by atoms with Crippen molar-refractivity contribution >= 4 is 17.5 Å². The minimum absolute atomic E-state index is 0.0148. The fourth-order valence-corrected chi connectivity index (χ4v) is 4.32. The Hall–Kier alpha value is -2.04. The first-order valence-corrected chi connectivity index (χ1v) is 11.6. The summed E-state index contributed by atoms with van der Waals surface area (Å²) in [5.41, 5.74) is 2.06. The molecule has 0 aliphatic carbocycles. The van der Waals surface area contributed by atoms with E-state index < -0.39 is 0 Å². The van der Waals surface area contributed by atoms with Crippen LogP contribution >= 0.6 is 0 Å². The SMILES string of the molecule is O=C(CN1CCN(C(=O)CN2CCOCC2)CC1)Nc1ccc(CN2CCOCC2)cc1. The Morgan fingerprint density at radius 2 is 1.28 bits per heavy atom. The first kappa shape index (κ1) is 23.1. The number of morpholine rings is 2. The van der Waals surface area contributed by atoms with Crippen LogP contribution in [0.5, 0.6) is 0 Å². The number of hydrogen-bond donors (Lipinski definition) is 1. The van der Waals surface area contributed by atoms with Crippen molar-refractivity contribution in [2.75, 3.05) is 97.2 Å². The molecular formula is C23H35N5O4. The average molecular weight is 446 g/mol. The smallest absolute Gasteiger partial charge is 0.238 e. The summed E-state index contributed by atoms with van der Waals surface area (Å²) in [6, 6.07) is 8.08. The monoisotopic (exact) mass is 445 g/mol. The van der Waals surface area contributed by atoms with Gasteiger partial charge in [0.25, 0.3) is 0 Å². The molecule has 0 radical (unpaired) electrons. The predicted molar refractivity (Wildman–Crippen MR) is 121 cm³/mol. The summed E-state index contributed by atoms with van der Waals surface area (Å²) in [7, 11) is 0. The molecule has 1 aromatic carbocycles. The summed E-state index contributed by atoms with van der Waals surface area (Å²) in [6.45, 7) is 11.1. The predicted octanol–water partition coefficient (Wildman–Crippen LogP) is -0.0663. The third kappa shape index (κ3) is 6.98. The molecule has 9 heteroatoms. The van der Waals surface area contributed by atoms with Crippen molar-refractivity contribution in [1.82, 2.24) is 19.6 Å². The molecule has 176 valence electrons. The zero-order valence-corrected chi connectivity index (χ0v) is 18.8. The molecule has 3 saturated heterocycles. The molecule has 9 nitrogen and oxygen atoms in total. The third-order valence-electron chi connectivity index (χ3n) is 6.30. The van der Waals surface area contributed by atoms with Crippen LogP contribution in [0.2, 0.25) is 0 Å². The molecule has 1 aromatic rings. The number of nitrogens with zero attached hydrogens (tertiary/aromatic N) is 4. The van der Waals surface area contributed by atoms with Crippen LogP contribution in [0, 0.1) is 0 Å². The van der Waals surface area contributed by atoms with Gasteiger partial charge in [-0.2, -0.15) is 0 Å². The lowest BCUT2D eigenvalue weighted by Crippen LogP contribution is -2.53. The quantitative estimate of drug-likeness (QED) is 0.630. The number of anilines is 1. The van der Waals surface area contributed by atoms with Crippen molar-refractivity contribution in [2.45, 2.75) is 6.54 Å². The van der Waals surface area contributed by atoms with Crippen LogP contribution in [-0.2, 0) is 25.6 Å². The van der Waals surface area contributed by atoms with E-state index in [4.69, 9.17) is 9.47 Å². The van der Waals surface area contributed by atoms with Gasteiger partial charge >= 0.3 is 0 Å². The summed E-state index contributed by atoms with van der Waals surface area (Å²) in [5, 5.41) is 2.99. The lowest BCUT2D eigenvalue weighted by Gasteiger charge is -2.36. The fourth-order valence-electron chi connectivity index (χ4n) is 4.32. The molecule has 4 rings (SSSR count). The van der Waals surface area contributed by atoms with Crippen LogP contribution in [0.15, 0.2) is 24.3 Å². The van der Waals surface area contributed by atoms with E-state index in [-0.39, 0.29) is 11.8 Å². The summed E-state index contributed by atoms with van der Waals surface area (Å²) in [4.78, 5) is 33.6. The molecule has 3 aliphatic rings. The van der Waals surface area contributed by atoms with E-state index in [2.05, 4.69) is 32.1 Å². The number of benzene rings is 1. The van der Waals surface area contributed by atoms with Crippen LogP contribution in [0.25, 0.3) is 0 Å². The molecule has 3 heterocycles. The van der Waals surface area contributed by atoms with Gasteiger partial charge in [0, 0.05) is 64.6 Å². The Morgan fingerprint density at radius 3 is 1.91 bits per heavy atom. The lowest BCUT2D eigenvalue weighted by atomic mass is 10.2. The van der Waals surface area contributed by atoms with Crippen LogP contribution in [0.4, 0.5) is 5.69 Å². The van der Waals surface area contributed by atoms with Gasteiger partial charge in [0.15, 0.2) is 0 Å². The standard InChI is InChI=1S/C23H35N5O4/c29-22(24-21-3-1-20(2-4-21)17-26-9-13-31-14-10-26)18-25-5-7-28(8-6-25)23(30)19-27-11-15-32-16-12-27/h1-4H,5-19H2,(H,24,29). The normalized spacial score (nSPS) is 21.4. The molecule has 32 heavy (non-hydrogen) atoms. The van der Waals surface area contributed by atoms with Crippen LogP contribution in [0.3, 0.4) is 0 Å². The molecular weight excluding hydrogens is 410 g/mol. The van der Waals surface area contributed by atoms with E-state index in [0.717, 1.165) is 64.7 Å². The highest BCUT2D eigenvalue weighted by Crippen LogP contribution is 2.13. The summed E-state index contributed by atoms with van der Waals surface area (Å²) in [5.74, 6) is 0.159. The van der Waals surface area contributed by atoms with E-state index in [1.165, 1.54) is 5.56 Å². The van der Waals surface area contributed by atoms with Gasteiger partial charge in [0.2, 0.25) is 11.8 Å². The van der Waals surface area contributed by atoms with Crippen molar-refractivity contribution in [2.24, 2.45) is 0 Å². The van der Waals surface area contributed by atoms with Gasteiger partial charge in [-0.1, -0.05) is 12.1 Å². The Morgan fingerprint density at radius 1 is 0.719 bits per heavy atom. The summed E-state index contributed by atoms with van der Waals surface area (Å²) < 4.78 is 10.7. The van der Waals surface area contributed by atoms with E-state index in [1.807, 2.05) is 17.0 Å². The largest absolute Gasteiger partial charge is 0.379 e. The van der Waals surface area contributed by atoms with Gasteiger partial charge in [-0.25, -0.2) is 0 Å². The van der Waals surface area contributed by atoms with Crippen molar-refractivity contribution in [3.8, 4) is 0 Å². The van der Waals surface area contributed by atoms with E-state index in [0.29, 0.717) is 39.4 Å². The fraction of sp³-hybridized carbons (Fsp3) is 0.652. The highest BCUT2D eigenvalue weighted by atomic mass is 16.5. The number of piperazine rings is 1. The topological polar surface area (TPSA) is 77.6 Å². The lowest BCUT2D eigenvalue weighted by molar-refractivity contribution is -0.135. The molecule has 3 fully saturated rings. The zero-order valence-electron chi connectivity index (χ0n) is 18.8. The van der Waals surface area contributed by atoms with Gasteiger partial charge in [-0.15, -0.1) is 0 Å². The number of nitrogens with one attached hydrogen (secondary N) is 1. The van der Waals surface area contributed by atoms with E-state index in [9.17, 15) is 9.59 Å². The van der Waals surface area contributed by atoms with Crippen molar-refractivity contribution < 1.29 is 19.1 Å². The van der Waals surface area contributed by atoms with Crippen molar-refractivity contribution in [3.63, 3.8) is 0 Å². The average Bonchev–Trinajstić information content (AvgIpc) is 2.82. The Kier molecular flexibility index (Phi) is 8.47. The van der Waals surface area contributed by atoms with Gasteiger partial charge in [0.05, 0.1) is 39.5 Å². The van der Waals surface area contributed by atoms with Gasteiger partial charge in [-0.05, 0) is 17.7 Å². The highest BCUT2D eigenvalue weighted by molar-refractivity contribution is 5.92. The van der Waals surface area contributed by atoms with Crippen LogP contribution < -0.4 is 5.32 Å². The maximum atomic E-state index is 12.5. The number of ether oxygens (including phenoxy) is 2. The molecule has 0 spiro atoms. The first-order chi connectivity index (χ1) is 15.7. The number of carbonyl (C=O) groups excluding carboxylic acids is 2. The molecule has 1 N–H and O–H groups in total. The number of rotatable bonds is 7. The Balaban J connectivity index is 1.15. The highest BCUT2D eigenvalue weighted by Gasteiger charge is 2.24. The van der Waals surface area contributed by atoms with Gasteiger partial charge in [-0.3, -0.25) is 24.3 Å². The number of amides is 2. The van der Waals surface area contributed by atoms with Gasteiger partial charge < -0.3 is 19.7 Å². The van der Waals surface area contributed by atoms with E-state index in [1.54, 1.807) is 0 Å². The maximum absolute atomic E-state index is 12.5. The summed E-state index contributed by atoms with van der Waals surface area (Å²) in [6.07, 6.45) is 0. The molecule has 3 aliphatic heterocycles. The molecule has 2 amide bonds. The molecule has 0 unspecified atom stereocenters. The minimum atomic E-state index is -0.0148. The number of hydrogen-bond acceptors (Lipinski definition) is 7. The maximum Gasteiger partial charge on any atom is 0.238 e. The molecule has 0 bridgehead atoms.